The lowest BCUT2D eigenvalue weighted by atomic mass is 9.75. The van der Waals surface area contributed by atoms with Gasteiger partial charge in [-0.3, -0.25) is 0 Å². The van der Waals surface area contributed by atoms with Crippen LogP contribution in [0.4, 0.5) is 11.4 Å². The van der Waals surface area contributed by atoms with E-state index in [0.29, 0.717) is 5.56 Å². The number of nitrogens with two attached hydrogens (primary N) is 1. The zero-order chi connectivity index (χ0) is 24.5. The summed E-state index contributed by atoms with van der Waals surface area (Å²) in [6, 6.07) is 19.9. The second kappa shape index (κ2) is 9.72. The van der Waals surface area contributed by atoms with Crippen LogP contribution in [0.3, 0.4) is 0 Å². The van der Waals surface area contributed by atoms with Gasteiger partial charge in [0.15, 0.2) is 0 Å². The summed E-state index contributed by atoms with van der Waals surface area (Å²) in [6.07, 6.45) is 0. The molecule has 6 heteroatoms. The molecule has 1 aliphatic rings. The summed E-state index contributed by atoms with van der Waals surface area (Å²) >= 11 is 1.72. The van der Waals surface area contributed by atoms with Crippen LogP contribution in [-0.2, 0) is 5.54 Å². The predicted octanol–water partition coefficient (Wildman–Crippen LogP) is 5.79. The van der Waals surface area contributed by atoms with Crippen LogP contribution in [0.25, 0.3) is 0 Å². The largest absolute Gasteiger partial charge is 0.478 e. The van der Waals surface area contributed by atoms with E-state index in [0.717, 1.165) is 58.5 Å². The highest BCUT2D eigenvalue weighted by Gasteiger charge is 2.42. The Bertz CT molecular complexity index is 1140. The van der Waals surface area contributed by atoms with E-state index in [1.807, 2.05) is 12.1 Å². The standard InChI is InChI=1S/C28H33N3O2S/c1-5-30(6-2)19-13-15-23-25(17-19)34-26-18-20(31(7-3)8-4)14-16-24(26)28(23,29)22-12-10-9-11-21(22)27(32)33/h9-18H,5-8,29H2,1-4H3,(H,32,33). The van der Waals surface area contributed by atoms with Crippen molar-refractivity contribution in [1.82, 2.24) is 0 Å². The van der Waals surface area contributed by atoms with Crippen LogP contribution in [0.15, 0.2) is 70.5 Å². The first-order valence-electron chi connectivity index (χ1n) is 12.0. The summed E-state index contributed by atoms with van der Waals surface area (Å²) in [4.78, 5) is 19.0. The fourth-order valence-electron chi connectivity index (χ4n) is 4.98. The number of nitrogens with zero attached hydrogens (tertiary/aromatic N) is 2. The third-order valence-corrected chi connectivity index (χ3v) is 7.95. The molecule has 0 amide bonds. The van der Waals surface area contributed by atoms with E-state index in [1.165, 1.54) is 0 Å². The van der Waals surface area contributed by atoms with Gasteiger partial charge < -0.3 is 20.6 Å². The molecule has 3 aromatic carbocycles. The van der Waals surface area contributed by atoms with Crippen molar-refractivity contribution in [3.8, 4) is 0 Å². The maximum Gasteiger partial charge on any atom is 0.336 e. The number of benzene rings is 3. The molecule has 0 aliphatic carbocycles. The van der Waals surface area contributed by atoms with Gasteiger partial charge in [0.2, 0.25) is 0 Å². The molecule has 34 heavy (non-hydrogen) atoms. The van der Waals surface area contributed by atoms with Crippen LogP contribution in [0.5, 0.6) is 0 Å². The van der Waals surface area contributed by atoms with Crippen molar-refractivity contribution in [2.75, 3.05) is 36.0 Å². The van der Waals surface area contributed by atoms with E-state index in [9.17, 15) is 9.90 Å². The number of aromatic carboxylic acids is 1. The number of carboxylic acids is 1. The van der Waals surface area contributed by atoms with Gasteiger partial charge in [0, 0.05) is 47.3 Å². The molecule has 178 valence electrons. The van der Waals surface area contributed by atoms with Gasteiger partial charge in [0.1, 0.15) is 0 Å². The maximum absolute atomic E-state index is 12.2. The van der Waals surface area contributed by atoms with Crippen LogP contribution >= 0.6 is 11.8 Å². The summed E-state index contributed by atoms with van der Waals surface area (Å²) in [5.74, 6) is -0.971. The Kier molecular flexibility index (Phi) is 6.91. The number of fused-ring (bicyclic) bond motifs is 2. The van der Waals surface area contributed by atoms with Crippen LogP contribution in [0.2, 0.25) is 0 Å². The lowest BCUT2D eigenvalue weighted by molar-refractivity contribution is 0.0694. The minimum atomic E-state index is -1.07. The highest BCUT2D eigenvalue weighted by molar-refractivity contribution is 7.99. The Balaban J connectivity index is 1.99. The highest BCUT2D eigenvalue weighted by atomic mass is 32.2. The molecule has 0 fully saturated rings. The quantitative estimate of drug-likeness (QED) is 0.430. The molecule has 0 bridgehead atoms. The Morgan fingerprint density at radius 2 is 1.26 bits per heavy atom. The predicted molar refractivity (Wildman–Crippen MR) is 142 cm³/mol. The third-order valence-electron chi connectivity index (χ3n) is 6.84. The van der Waals surface area contributed by atoms with Crippen molar-refractivity contribution in [2.24, 2.45) is 5.73 Å². The van der Waals surface area contributed by atoms with E-state index in [-0.39, 0.29) is 5.56 Å². The molecule has 0 saturated heterocycles. The molecular weight excluding hydrogens is 442 g/mol. The van der Waals surface area contributed by atoms with Gasteiger partial charge in [-0.1, -0.05) is 42.1 Å². The second-order valence-electron chi connectivity index (χ2n) is 8.47. The molecule has 0 spiro atoms. The third kappa shape index (κ3) is 3.95. The monoisotopic (exact) mass is 475 g/mol. The topological polar surface area (TPSA) is 69.8 Å². The van der Waals surface area contributed by atoms with E-state index < -0.39 is 11.5 Å². The van der Waals surface area contributed by atoms with Gasteiger partial charge >= 0.3 is 5.97 Å². The first-order chi connectivity index (χ1) is 16.4. The van der Waals surface area contributed by atoms with Crippen molar-refractivity contribution in [2.45, 2.75) is 43.0 Å². The van der Waals surface area contributed by atoms with Crippen molar-refractivity contribution < 1.29 is 9.90 Å². The first-order valence-corrected chi connectivity index (χ1v) is 12.8. The van der Waals surface area contributed by atoms with Crippen molar-refractivity contribution in [3.05, 3.63) is 82.9 Å². The van der Waals surface area contributed by atoms with Crippen LogP contribution in [0, 0.1) is 0 Å². The Morgan fingerprint density at radius 3 is 1.71 bits per heavy atom. The van der Waals surface area contributed by atoms with E-state index in [1.54, 1.807) is 23.9 Å². The average Bonchev–Trinajstić information content (AvgIpc) is 2.85. The van der Waals surface area contributed by atoms with E-state index in [4.69, 9.17) is 5.73 Å². The Hall–Kier alpha value is -2.96. The smallest absolute Gasteiger partial charge is 0.336 e. The number of carbonyl (C=O) groups is 1. The molecule has 1 aliphatic heterocycles. The normalized spacial score (nSPS) is 13.7. The summed E-state index contributed by atoms with van der Waals surface area (Å²) < 4.78 is 0. The fraction of sp³-hybridized carbons (Fsp3) is 0.321. The maximum atomic E-state index is 12.2. The molecule has 3 N–H and O–H groups in total. The van der Waals surface area contributed by atoms with Crippen LogP contribution in [0.1, 0.15) is 54.7 Å². The summed E-state index contributed by atoms with van der Waals surface area (Å²) in [5.41, 5.74) is 11.2. The lowest BCUT2D eigenvalue weighted by Crippen LogP contribution is -2.43. The number of hydrogen-bond acceptors (Lipinski definition) is 5. The van der Waals surface area contributed by atoms with Gasteiger partial charge in [-0.25, -0.2) is 4.79 Å². The number of carboxylic acid groups (broad SMARTS) is 1. The lowest BCUT2D eigenvalue weighted by Gasteiger charge is -2.39. The van der Waals surface area contributed by atoms with Gasteiger partial charge in [0.05, 0.1) is 11.1 Å². The zero-order valence-corrected chi connectivity index (χ0v) is 21.2. The molecule has 4 rings (SSSR count). The van der Waals surface area contributed by atoms with E-state index in [2.05, 4.69) is 73.9 Å². The zero-order valence-electron chi connectivity index (χ0n) is 20.3. The molecule has 1 heterocycles. The second-order valence-corrected chi connectivity index (χ2v) is 9.55. The van der Waals surface area contributed by atoms with Gasteiger partial charge in [-0.15, -0.1) is 0 Å². The molecule has 0 aromatic heterocycles. The van der Waals surface area contributed by atoms with Crippen molar-refractivity contribution in [3.63, 3.8) is 0 Å². The Labute approximate surface area is 206 Å². The fourth-order valence-corrected chi connectivity index (χ4v) is 6.25. The highest BCUT2D eigenvalue weighted by Crippen LogP contribution is 2.52. The number of anilines is 2. The molecule has 5 nitrogen and oxygen atoms in total. The average molecular weight is 476 g/mol. The van der Waals surface area contributed by atoms with E-state index >= 15 is 0 Å². The summed E-state index contributed by atoms with van der Waals surface area (Å²) in [7, 11) is 0. The van der Waals surface area contributed by atoms with Crippen molar-refractivity contribution in [1.29, 1.82) is 0 Å². The molecular formula is C28H33N3O2S. The molecule has 0 radical (unpaired) electrons. The molecule has 0 unspecified atom stereocenters. The van der Waals surface area contributed by atoms with Gasteiger partial charge in [-0.05, 0) is 74.7 Å². The Morgan fingerprint density at radius 1 is 0.794 bits per heavy atom. The first kappa shape index (κ1) is 24.2. The minimum Gasteiger partial charge on any atom is -0.478 e. The molecule has 3 aromatic rings. The minimum absolute atomic E-state index is 0.231. The molecule has 0 atom stereocenters. The van der Waals surface area contributed by atoms with Crippen LogP contribution < -0.4 is 15.5 Å². The molecule has 0 saturated carbocycles. The van der Waals surface area contributed by atoms with Crippen molar-refractivity contribution >= 4 is 29.1 Å². The van der Waals surface area contributed by atoms with Crippen LogP contribution in [-0.4, -0.2) is 37.3 Å². The van der Waals surface area contributed by atoms with Gasteiger partial charge in [0.25, 0.3) is 0 Å². The SMILES string of the molecule is CCN(CC)c1ccc2c(c1)Sc1cc(N(CC)CC)ccc1C2(N)c1ccccc1C(=O)O. The summed E-state index contributed by atoms with van der Waals surface area (Å²) in [6.45, 7) is 12.3. The number of rotatable bonds is 8. The number of hydrogen-bond donors (Lipinski definition) is 2. The van der Waals surface area contributed by atoms with Gasteiger partial charge in [-0.2, -0.15) is 0 Å². The summed E-state index contributed by atoms with van der Waals surface area (Å²) in [5, 5.41) is 9.99.